The summed E-state index contributed by atoms with van der Waals surface area (Å²) in [7, 11) is 0. The molecule has 0 fully saturated rings. The van der Waals surface area contributed by atoms with Gasteiger partial charge in [-0.25, -0.2) is 0 Å². The number of rotatable bonds is 8. The summed E-state index contributed by atoms with van der Waals surface area (Å²) in [6, 6.07) is 15.7. The number of carbonyl (C=O) groups is 2. The lowest BCUT2D eigenvalue weighted by Gasteiger charge is -2.09. The van der Waals surface area contributed by atoms with Gasteiger partial charge in [0.25, 0.3) is 0 Å². The summed E-state index contributed by atoms with van der Waals surface area (Å²) >= 11 is 0. The van der Waals surface area contributed by atoms with Crippen molar-refractivity contribution in [1.82, 2.24) is 0 Å². The standard InChI is InChI=1S/2C13H18O2/c2*1-9(2)8-11-4-6-12(7-5-11)10(3)13(14)15/h2*4-7,9-10H,8H2,1-3H3,(H,14,15)/t10-;/m1./s1. The van der Waals surface area contributed by atoms with E-state index < -0.39 is 23.8 Å². The Labute approximate surface area is 181 Å². The third-order valence-corrected chi connectivity index (χ3v) is 4.99. The fraction of sp³-hybridized carbons (Fsp3) is 0.462. The van der Waals surface area contributed by atoms with Crippen LogP contribution in [0.2, 0.25) is 0 Å². The van der Waals surface area contributed by atoms with E-state index in [1.807, 2.05) is 48.5 Å². The Kier molecular flexibility index (Phi) is 10.3. The van der Waals surface area contributed by atoms with Gasteiger partial charge in [0.05, 0.1) is 11.8 Å². The van der Waals surface area contributed by atoms with Gasteiger partial charge in [-0.05, 0) is 60.8 Å². The molecule has 0 aliphatic rings. The maximum absolute atomic E-state index is 10.8. The first-order valence-electron chi connectivity index (χ1n) is 10.6. The molecule has 164 valence electrons. The van der Waals surface area contributed by atoms with E-state index in [0.29, 0.717) is 11.8 Å². The quantitative estimate of drug-likeness (QED) is 0.545. The molecule has 0 heterocycles. The van der Waals surface area contributed by atoms with Crippen molar-refractivity contribution in [1.29, 1.82) is 0 Å². The molecule has 0 amide bonds. The van der Waals surface area contributed by atoms with Crippen LogP contribution in [0.1, 0.15) is 75.6 Å². The van der Waals surface area contributed by atoms with E-state index in [2.05, 4.69) is 27.7 Å². The summed E-state index contributed by atoms with van der Waals surface area (Å²) in [6.45, 7) is 12.1. The van der Waals surface area contributed by atoms with Gasteiger partial charge in [-0.15, -0.1) is 0 Å². The highest BCUT2D eigenvalue weighted by Crippen LogP contribution is 2.18. The molecule has 0 aromatic heterocycles. The lowest BCUT2D eigenvalue weighted by Crippen LogP contribution is -2.07. The first kappa shape index (κ1) is 25.4. The molecular weight excluding hydrogens is 376 g/mol. The van der Waals surface area contributed by atoms with Gasteiger partial charge in [0.2, 0.25) is 0 Å². The molecule has 30 heavy (non-hydrogen) atoms. The van der Waals surface area contributed by atoms with Crippen LogP contribution in [0.4, 0.5) is 0 Å². The van der Waals surface area contributed by atoms with E-state index in [-0.39, 0.29) is 0 Å². The van der Waals surface area contributed by atoms with Gasteiger partial charge in [0.15, 0.2) is 0 Å². The largest absolute Gasteiger partial charge is 0.481 e. The van der Waals surface area contributed by atoms with E-state index in [4.69, 9.17) is 10.2 Å². The lowest BCUT2D eigenvalue weighted by molar-refractivity contribution is -0.139. The Balaban J connectivity index is 0.000000300. The number of hydrogen-bond donors (Lipinski definition) is 2. The molecule has 2 N–H and O–H groups in total. The van der Waals surface area contributed by atoms with Crippen LogP contribution in [0.25, 0.3) is 0 Å². The molecule has 4 nitrogen and oxygen atoms in total. The van der Waals surface area contributed by atoms with Crippen LogP contribution in [-0.4, -0.2) is 22.2 Å². The van der Waals surface area contributed by atoms with Crippen LogP contribution in [0.3, 0.4) is 0 Å². The number of aliphatic carboxylic acids is 2. The van der Waals surface area contributed by atoms with E-state index in [9.17, 15) is 9.59 Å². The molecule has 2 aromatic rings. The van der Waals surface area contributed by atoms with Gasteiger partial charge in [-0.1, -0.05) is 76.2 Å². The van der Waals surface area contributed by atoms with Crippen molar-refractivity contribution >= 4 is 11.9 Å². The summed E-state index contributed by atoms with van der Waals surface area (Å²) in [5, 5.41) is 17.7. The second-order valence-electron chi connectivity index (χ2n) is 8.80. The molecule has 0 spiro atoms. The van der Waals surface area contributed by atoms with E-state index in [0.717, 1.165) is 24.0 Å². The van der Waals surface area contributed by atoms with Crippen LogP contribution < -0.4 is 0 Å². The topological polar surface area (TPSA) is 74.6 Å². The van der Waals surface area contributed by atoms with Crippen LogP contribution in [0.15, 0.2) is 48.5 Å². The van der Waals surface area contributed by atoms with Gasteiger partial charge in [-0.3, -0.25) is 9.59 Å². The molecule has 1 unspecified atom stereocenters. The van der Waals surface area contributed by atoms with Crippen molar-refractivity contribution < 1.29 is 19.8 Å². The van der Waals surface area contributed by atoms with Crippen LogP contribution >= 0.6 is 0 Å². The van der Waals surface area contributed by atoms with Crippen LogP contribution in [0, 0.1) is 11.8 Å². The summed E-state index contributed by atoms with van der Waals surface area (Å²) < 4.78 is 0. The van der Waals surface area contributed by atoms with E-state index in [1.165, 1.54) is 11.1 Å². The van der Waals surface area contributed by atoms with Crippen molar-refractivity contribution in [3.8, 4) is 0 Å². The first-order chi connectivity index (χ1) is 14.0. The first-order valence-corrected chi connectivity index (χ1v) is 10.6. The maximum Gasteiger partial charge on any atom is 0.310 e. The zero-order chi connectivity index (χ0) is 22.8. The lowest BCUT2D eigenvalue weighted by atomic mass is 9.97. The molecule has 4 heteroatoms. The minimum atomic E-state index is -0.772. The highest BCUT2D eigenvalue weighted by molar-refractivity contribution is 5.75. The van der Waals surface area contributed by atoms with Crippen molar-refractivity contribution in [2.24, 2.45) is 11.8 Å². The predicted molar refractivity (Wildman–Crippen MR) is 122 cm³/mol. The number of benzene rings is 2. The maximum atomic E-state index is 10.8. The Hall–Kier alpha value is -2.62. The second kappa shape index (κ2) is 12.2. The molecule has 2 rings (SSSR count). The zero-order valence-corrected chi connectivity index (χ0v) is 19.1. The summed E-state index contributed by atoms with van der Waals surface area (Å²) in [5.41, 5.74) is 4.28. The Morgan fingerprint density at radius 3 is 1.07 bits per heavy atom. The molecular formula is C26H36O4. The Morgan fingerprint density at radius 1 is 0.600 bits per heavy atom. The van der Waals surface area contributed by atoms with Crippen LogP contribution in [0.5, 0.6) is 0 Å². The number of carboxylic acid groups (broad SMARTS) is 2. The van der Waals surface area contributed by atoms with E-state index >= 15 is 0 Å². The van der Waals surface area contributed by atoms with Gasteiger partial charge < -0.3 is 10.2 Å². The minimum Gasteiger partial charge on any atom is -0.481 e. The molecule has 2 atom stereocenters. The SMILES string of the molecule is CC(C)Cc1ccc(C(C)C(=O)O)cc1.CC(C)Cc1ccc([C@@H](C)C(=O)O)cc1. The fourth-order valence-corrected chi connectivity index (χ4v) is 3.11. The third kappa shape index (κ3) is 8.81. The minimum absolute atomic E-state index is 0.418. The van der Waals surface area contributed by atoms with Gasteiger partial charge in [0, 0.05) is 0 Å². The summed E-state index contributed by atoms with van der Waals surface area (Å²) in [5.74, 6) is -1.12. The molecule has 0 saturated heterocycles. The van der Waals surface area contributed by atoms with Crippen LogP contribution in [-0.2, 0) is 22.4 Å². The smallest absolute Gasteiger partial charge is 0.310 e. The van der Waals surface area contributed by atoms with Crippen molar-refractivity contribution in [2.75, 3.05) is 0 Å². The summed E-state index contributed by atoms with van der Waals surface area (Å²) in [4.78, 5) is 21.5. The fourth-order valence-electron chi connectivity index (χ4n) is 3.11. The van der Waals surface area contributed by atoms with E-state index in [1.54, 1.807) is 13.8 Å². The average molecular weight is 413 g/mol. The van der Waals surface area contributed by atoms with Crippen molar-refractivity contribution in [3.05, 3.63) is 70.8 Å². The monoisotopic (exact) mass is 412 g/mol. The van der Waals surface area contributed by atoms with Gasteiger partial charge in [-0.2, -0.15) is 0 Å². The molecule has 0 radical (unpaired) electrons. The molecule has 2 aromatic carbocycles. The Morgan fingerprint density at radius 2 is 0.867 bits per heavy atom. The third-order valence-electron chi connectivity index (χ3n) is 4.99. The predicted octanol–water partition coefficient (Wildman–Crippen LogP) is 6.15. The molecule has 0 aliphatic heterocycles. The van der Waals surface area contributed by atoms with Crippen molar-refractivity contribution in [3.63, 3.8) is 0 Å². The number of carboxylic acids is 2. The molecule has 0 bridgehead atoms. The second-order valence-corrected chi connectivity index (χ2v) is 8.80. The highest BCUT2D eigenvalue weighted by atomic mass is 16.4. The number of hydrogen-bond acceptors (Lipinski definition) is 2. The van der Waals surface area contributed by atoms with Crippen molar-refractivity contribution in [2.45, 2.75) is 66.2 Å². The average Bonchev–Trinajstić information content (AvgIpc) is 2.67. The zero-order valence-electron chi connectivity index (χ0n) is 19.1. The Bertz CT molecular complexity index is 719. The highest BCUT2D eigenvalue weighted by Gasteiger charge is 2.13. The summed E-state index contributed by atoms with van der Waals surface area (Å²) in [6.07, 6.45) is 2.09. The van der Waals surface area contributed by atoms with Gasteiger partial charge >= 0.3 is 11.9 Å². The normalized spacial score (nSPS) is 12.8. The van der Waals surface area contributed by atoms with Gasteiger partial charge in [0.1, 0.15) is 0 Å². The molecule has 0 saturated carbocycles. The molecule has 0 aliphatic carbocycles.